The minimum atomic E-state index is -3.01. The molecule has 0 spiro atoms. The number of nitrogens with one attached hydrogen (secondary N) is 2. The van der Waals surface area contributed by atoms with Gasteiger partial charge in [0.05, 0.1) is 5.75 Å². The van der Waals surface area contributed by atoms with Crippen LogP contribution in [-0.4, -0.2) is 38.4 Å². The average Bonchev–Trinajstić information content (AvgIpc) is 2.40. The van der Waals surface area contributed by atoms with E-state index in [1.807, 2.05) is 26.8 Å². The van der Waals surface area contributed by atoms with Crippen molar-refractivity contribution in [1.29, 1.82) is 0 Å². The van der Waals surface area contributed by atoms with Gasteiger partial charge in [0, 0.05) is 29.6 Å². The van der Waals surface area contributed by atoms with Crippen molar-refractivity contribution >= 4 is 21.4 Å². The van der Waals surface area contributed by atoms with Crippen molar-refractivity contribution in [1.82, 2.24) is 5.32 Å². The molecule has 0 bridgehead atoms. The zero-order chi connectivity index (χ0) is 16.0. The van der Waals surface area contributed by atoms with Crippen LogP contribution in [0.25, 0.3) is 0 Å². The van der Waals surface area contributed by atoms with Crippen molar-refractivity contribution in [3.63, 3.8) is 0 Å². The Labute approximate surface area is 127 Å². The maximum atomic E-state index is 11.7. The summed E-state index contributed by atoms with van der Waals surface area (Å²) in [5.74, 6) is 0.142. The lowest BCUT2D eigenvalue weighted by Gasteiger charge is -2.17. The molecule has 0 heterocycles. The molecule has 1 aromatic carbocycles. The van der Waals surface area contributed by atoms with Crippen molar-refractivity contribution < 1.29 is 13.2 Å². The van der Waals surface area contributed by atoms with Crippen LogP contribution in [0.1, 0.15) is 36.7 Å². The van der Waals surface area contributed by atoms with Gasteiger partial charge in [-0.3, -0.25) is 4.79 Å². The van der Waals surface area contributed by atoms with E-state index in [0.717, 1.165) is 11.3 Å². The minimum Gasteiger partial charge on any atom is -0.381 e. The SMILES string of the molecule is CCNC(=O)c1ccc(NC(C)CS(=O)(=O)CC)c(C)c1. The first-order chi connectivity index (χ1) is 9.79. The summed E-state index contributed by atoms with van der Waals surface area (Å²) in [5, 5.41) is 5.94. The van der Waals surface area contributed by atoms with E-state index in [2.05, 4.69) is 10.6 Å². The van der Waals surface area contributed by atoms with Crippen LogP contribution < -0.4 is 10.6 Å². The van der Waals surface area contributed by atoms with E-state index in [4.69, 9.17) is 0 Å². The Balaban J connectivity index is 2.79. The first-order valence-corrected chi connectivity index (χ1v) is 8.97. The fourth-order valence-corrected chi connectivity index (χ4v) is 3.12. The molecule has 0 aromatic heterocycles. The van der Waals surface area contributed by atoms with Gasteiger partial charge in [0.25, 0.3) is 5.91 Å². The van der Waals surface area contributed by atoms with Crippen molar-refractivity contribution in [3.05, 3.63) is 29.3 Å². The maximum absolute atomic E-state index is 11.7. The van der Waals surface area contributed by atoms with Crippen LogP contribution in [0.3, 0.4) is 0 Å². The number of aryl methyl sites for hydroxylation is 1. The largest absolute Gasteiger partial charge is 0.381 e. The van der Waals surface area contributed by atoms with E-state index in [-0.39, 0.29) is 23.5 Å². The van der Waals surface area contributed by atoms with Crippen LogP contribution >= 0.6 is 0 Å². The zero-order valence-electron chi connectivity index (χ0n) is 13.1. The summed E-state index contributed by atoms with van der Waals surface area (Å²) in [4.78, 5) is 11.7. The molecule has 1 unspecified atom stereocenters. The number of carbonyl (C=O) groups excluding carboxylic acids is 1. The number of benzene rings is 1. The monoisotopic (exact) mass is 312 g/mol. The summed E-state index contributed by atoms with van der Waals surface area (Å²) in [6, 6.07) is 5.18. The van der Waals surface area contributed by atoms with Gasteiger partial charge in [0.1, 0.15) is 0 Å². The molecule has 1 atom stereocenters. The Hall–Kier alpha value is -1.56. The maximum Gasteiger partial charge on any atom is 0.251 e. The first-order valence-electron chi connectivity index (χ1n) is 7.14. The molecular weight excluding hydrogens is 288 g/mol. The third-order valence-electron chi connectivity index (χ3n) is 3.17. The highest BCUT2D eigenvalue weighted by atomic mass is 32.2. The summed E-state index contributed by atoms with van der Waals surface area (Å²) in [6.07, 6.45) is 0. The van der Waals surface area contributed by atoms with Crippen LogP contribution in [0.4, 0.5) is 5.69 Å². The minimum absolute atomic E-state index is 0.0982. The Morgan fingerprint density at radius 1 is 1.29 bits per heavy atom. The molecule has 118 valence electrons. The third kappa shape index (κ3) is 5.38. The smallest absolute Gasteiger partial charge is 0.251 e. The van der Waals surface area contributed by atoms with Crippen LogP contribution in [0, 0.1) is 6.92 Å². The molecule has 5 nitrogen and oxygen atoms in total. The topological polar surface area (TPSA) is 75.3 Å². The van der Waals surface area contributed by atoms with Crippen molar-refractivity contribution in [3.8, 4) is 0 Å². The normalized spacial score (nSPS) is 12.8. The molecule has 0 aliphatic carbocycles. The molecule has 0 saturated heterocycles. The lowest BCUT2D eigenvalue weighted by molar-refractivity contribution is 0.0955. The summed E-state index contributed by atoms with van der Waals surface area (Å²) >= 11 is 0. The number of amides is 1. The Morgan fingerprint density at radius 3 is 2.48 bits per heavy atom. The standard InChI is InChI=1S/C15H24N2O3S/c1-5-16-15(18)13-7-8-14(11(3)9-13)17-12(4)10-21(19,20)6-2/h7-9,12,17H,5-6,10H2,1-4H3,(H,16,18). The Morgan fingerprint density at radius 2 is 1.95 bits per heavy atom. The van der Waals surface area contributed by atoms with Crippen molar-refractivity contribution in [2.75, 3.05) is 23.4 Å². The Kier molecular flexibility index (Phi) is 6.20. The van der Waals surface area contributed by atoms with Gasteiger partial charge in [-0.05, 0) is 44.5 Å². The first kappa shape index (κ1) is 17.5. The van der Waals surface area contributed by atoms with Crippen LogP contribution in [0.2, 0.25) is 0 Å². The van der Waals surface area contributed by atoms with Gasteiger partial charge >= 0.3 is 0 Å². The quantitative estimate of drug-likeness (QED) is 0.807. The van der Waals surface area contributed by atoms with E-state index in [1.165, 1.54) is 0 Å². The average molecular weight is 312 g/mol. The van der Waals surface area contributed by atoms with E-state index < -0.39 is 9.84 Å². The Bertz CT molecular complexity index is 597. The highest BCUT2D eigenvalue weighted by molar-refractivity contribution is 7.91. The van der Waals surface area contributed by atoms with Crippen molar-refractivity contribution in [2.24, 2.45) is 0 Å². The highest BCUT2D eigenvalue weighted by Crippen LogP contribution is 2.18. The van der Waals surface area contributed by atoms with Gasteiger partial charge in [0.2, 0.25) is 0 Å². The van der Waals surface area contributed by atoms with Crippen LogP contribution in [0.5, 0.6) is 0 Å². The van der Waals surface area contributed by atoms with Gasteiger partial charge in [-0.2, -0.15) is 0 Å². The molecule has 0 aliphatic heterocycles. The van der Waals surface area contributed by atoms with Gasteiger partial charge in [-0.25, -0.2) is 8.42 Å². The number of rotatable bonds is 7. The summed E-state index contributed by atoms with van der Waals surface area (Å²) < 4.78 is 23.2. The predicted molar refractivity (Wildman–Crippen MR) is 86.6 cm³/mol. The van der Waals surface area contributed by atoms with Gasteiger partial charge in [0.15, 0.2) is 9.84 Å². The number of carbonyl (C=O) groups is 1. The number of hydrogen-bond donors (Lipinski definition) is 2. The molecule has 1 amide bonds. The second kappa shape index (κ2) is 7.45. The molecule has 0 saturated carbocycles. The van der Waals surface area contributed by atoms with E-state index in [9.17, 15) is 13.2 Å². The molecular formula is C15H24N2O3S. The lowest BCUT2D eigenvalue weighted by Crippen LogP contribution is -2.27. The van der Waals surface area contributed by atoms with Gasteiger partial charge in [-0.15, -0.1) is 0 Å². The van der Waals surface area contributed by atoms with E-state index in [1.54, 1.807) is 19.1 Å². The van der Waals surface area contributed by atoms with Crippen LogP contribution in [0.15, 0.2) is 18.2 Å². The van der Waals surface area contributed by atoms with Crippen molar-refractivity contribution in [2.45, 2.75) is 33.7 Å². The molecule has 21 heavy (non-hydrogen) atoms. The fraction of sp³-hybridized carbons (Fsp3) is 0.533. The molecule has 6 heteroatoms. The second-order valence-corrected chi connectivity index (χ2v) is 7.53. The third-order valence-corrected chi connectivity index (χ3v) is 5.06. The van der Waals surface area contributed by atoms with E-state index >= 15 is 0 Å². The summed E-state index contributed by atoms with van der Waals surface area (Å²) in [5.41, 5.74) is 2.37. The molecule has 1 aromatic rings. The lowest BCUT2D eigenvalue weighted by atomic mass is 10.1. The fourth-order valence-electron chi connectivity index (χ4n) is 2.04. The van der Waals surface area contributed by atoms with E-state index in [0.29, 0.717) is 12.1 Å². The highest BCUT2D eigenvalue weighted by Gasteiger charge is 2.14. The van der Waals surface area contributed by atoms with Gasteiger partial charge in [-0.1, -0.05) is 6.92 Å². The second-order valence-electron chi connectivity index (χ2n) is 5.13. The molecule has 1 rings (SSSR count). The van der Waals surface area contributed by atoms with Gasteiger partial charge < -0.3 is 10.6 Å². The van der Waals surface area contributed by atoms with Crippen LogP contribution in [-0.2, 0) is 9.84 Å². The molecule has 0 radical (unpaired) electrons. The number of anilines is 1. The molecule has 0 fully saturated rings. The summed E-state index contributed by atoms with van der Waals surface area (Å²) in [6.45, 7) is 7.84. The zero-order valence-corrected chi connectivity index (χ0v) is 13.9. The molecule has 0 aliphatic rings. The number of hydrogen-bond acceptors (Lipinski definition) is 4. The predicted octanol–water partition coefficient (Wildman–Crippen LogP) is 1.98. The summed E-state index contributed by atoms with van der Waals surface area (Å²) in [7, 11) is -3.01. The molecule has 2 N–H and O–H groups in total. The number of sulfone groups is 1.